The lowest BCUT2D eigenvalue weighted by Crippen LogP contribution is -2.40. The molecule has 2 atom stereocenters. The van der Waals surface area contributed by atoms with Crippen LogP contribution in [0.3, 0.4) is 0 Å². The summed E-state index contributed by atoms with van der Waals surface area (Å²) >= 11 is 0. The van der Waals surface area contributed by atoms with Crippen molar-refractivity contribution >= 4 is 0 Å². The van der Waals surface area contributed by atoms with Gasteiger partial charge in [0.05, 0.1) is 6.07 Å². The molecule has 0 bridgehead atoms. The van der Waals surface area contributed by atoms with E-state index in [-0.39, 0.29) is 0 Å². The van der Waals surface area contributed by atoms with Crippen LogP contribution in [0.15, 0.2) is 0 Å². The highest BCUT2D eigenvalue weighted by Gasteiger charge is 2.42. The van der Waals surface area contributed by atoms with Crippen LogP contribution in [0.2, 0.25) is 0 Å². The Morgan fingerprint density at radius 1 is 1.33 bits per heavy atom. The van der Waals surface area contributed by atoms with Gasteiger partial charge in [0.1, 0.15) is 0 Å². The summed E-state index contributed by atoms with van der Waals surface area (Å²) in [7, 11) is 0. The molecule has 2 aliphatic carbocycles. The van der Waals surface area contributed by atoms with Crippen LogP contribution in [0, 0.1) is 22.7 Å². The normalized spacial score (nSPS) is 33.3. The van der Waals surface area contributed by atoms with Crippen LogP contribution in [0.5, 0.6) is 0 Å². The van der Waals surface area contributed by atoms with Crippen LogP contribution in [0.4, 0.5) is 0 Å². The van der Waals surface area contributed by atoms with E-state index in [1.165, 1.54) is 38.5 Å². The molecule has 0 aliphatic heterocycles. The molecule has 84 valence electrons. The Labute approximate surface area is 93.0 Å². The minimum atomic E-state index is 0.367. The van der Waals surface area contributed by atoms with E-state index in [4.69, 9.17) is 5.26 Å². The first-order valence-electron chi connectivity index (χ1n) is 6.36. The van der Waals surface area contributed by atoms with E-state index in [1.807, 2.05) is 0 Å². The van der Waals surface area contributed by atoms with Crippen molar-refractivity contribution in [2.24, 2.45) is 11.3 Å². The van der Waals surface area contributed by atoms with E-state index in [9.17, 15) is 0 Å². The SMILES string of the molecule is CC1CCCCC1NCC1(CC#N)CC1. The predicted octanol–water partition coefficient (Wildman–Crippen LogP) is 2.85. The van der Waals surface area contributed by atoms with Crippen LogP contribution < -0.4 is 5.32 Å². The van der Waals surface area contributed by atoms with Gasteiger partial charge in [-0.25, -0.2) is 0 Å². The van der Waals surface area contributed by atoms with E-state index >= 15 is 0 Å². The Morgan fingerprint density at radius 2 is 2.07 bits per heavy atom. The van der Waals surface area contributed by atoms with Gasteiger partial charge >= 0.3 is 0 Å². The van der Waals surface area contributed by atoms with Crippen LogP contribution in [-0.4, -0.2) is 12.6 Å². The van der Waals surface area contributed by atoms with E-state index in [1.54, 1.807) is 0 Å². The summed E-state index contributed by atoms with van der Waals surface area (Å²) in [6, 6.07) is 3.05. The highest BCUT2D eigenvalue weighted by atomic mass is 14.9. The molecule has 2 heteroatoms. The number of hydrogen-bond donors (Lipinski definition) is 1. The summed E-state index contributed by atoms with van der Waals surface area (Å²) in [5, 5.41) is 12.5. The summed E-state index contributed by atoms with van der Waals surface area (Å²) in [5.74, 6) is 0.830. The molecule has 0 aromatic rings. The van der Waals surface area contributed by atoms with Crippen molar-refractivity contribution in [1.82, 2.24) is 5.32 Å². The summed E-state index contributed by atoms with van der Waals surface area (Å²) in [5.41, 5.74) is 0.367. The van der Waals surface area contributed by atoms with Crippen molar-refractivity contribution in [2.45, 2.75) is 57.9 Å². The minimum Gasteiger partial charge on any atom is -0.313 e. The predicted molar refractivity (Wildman–Crippen MR) is 61.3 cm³/mol. The van der Waals surface area contributed by atoms with E-state index in [0.29, 0.717) is 5.41 Å². The maximum Gasteiger partial charge on any atom is 0.0628 e. The van der Waals surface area contributed by atoms with Gasteiger partial charge in [-0.3, -0.25) is 0 Å². The summed E-state index contributed by atoms with van der Waals surface area (Å²) in [4.78, 5) is 0. The molecular formula is C13H22N2. The fraction of sp³-hybridized carbons (Fsp3) is 0.923. The molecule has 15 heavy (non-hydrogen) atoms. The molecule has 0 heterocycles. The Balaban J connectivity index is 1.75. The molecule has 2 saturated carbocycles. The van der Waals surface area contributed by atoms with Crippen LogP contribution >= 0.6 is 0 Å². The topological polar surface area (TPSA) is 35.8 Å². The van der Waals surface area contributed by atoms with Crippen LogP contribution in [0.1, 0.15) is 51.9 Å². The lowest BCUT2D eigenvalue weighted by molar-refractivity contribution is 0.264. The third-order valence-electron chi connectivity index (χ3n) is 4.26. The maximum atomic E-state index is 8.75. The lowest BCUT2D eigenvalue weighted by atomic mass is 9.85. The Morgan fingerprint density at radius 3 is 2.67 bits per heavy atom. The second kappa shape index (κ2) is 4.53. The summed E-state index contributed by atoms with van der Waals surface area (Å²) in [6.07, 6.45) is 8.77. The highest BCUT2D eigenvalue weighted by molar-refractivity contribution is 5.01. The number of hydrogen-bond acceptors (Lipinski definition) is 2. The van der Waals surface area contributed by atoms with Crippen molar-refractivity contribution in [2.75, 3.05) is 6.54 Å². The number of nitrogens with one attached hydrogen (secondary N) is 1. The van der Waals surface area contributed by atoms with Crippen molar-refractivity contribution in [3.8, 4) is 6.07 Å². The van der Waals surface area contributed by atoms with Gasteiger partial charge in [-0.2, -0.15) is 5.26 Å². The monoisotopic (exact) mass is 206 g/mol. The van der Waals surface area contributed by atoms with Gasteiger partial charge in [-0.1, -0.05) is 19.8 Å². The molecule has 2 aliphatic rings. The first-order chi connectivity index (χ1) is 7.26. The molecular weight excluding hydrogens is 184 g/mol. The first kappa shape index (κ1) is 11.0. The maximum absolute atomic E-state index is 8.75. The molecule has 2 nitrogen and oxygen atoms in total. The van der Waals surface area contributed by atoms with Gasteiger partial charge in [0.2, 0.25) is 0 Å². The first-order valence-corrected chi connectivity index (χ1v) is 6.36. The molecule has 0 radical (unpaired) electrons. The Bertz CT molecular complexity index is 250. The van der Waals surface area contributed by atoms with Gasteiger partial charge in [-0.05, 0) is 37.0 Å². The Kier molecular flexibility index (Phi) is 3.31. The average molecular weight is 206 g/mol. The molecule has 2 fully saturated rings. The molecule has 0 aromatic heterocycles. The largest absolute Gasteiger partial charge is 0.313 e. The standard InChI is InChI=1S/C13H22N2/c1-11-4-2-3-5-12(11)15-10-13(6-7-13)8-9-14/h11-12,15H,2-8,10H2,1H3. The molecule has 0 aromatic carbocycles. The third kappa shape index (κ3) is 2.72. The zero-order valence-corrected chi connectivity index (χ0v) is 9.76. The smallest absolute Gasteiger partial charge is 0.0628 e. The fourth-order valence-electron chi connectivity index (χ4n) is 2.73. The van der Waals surface area contributed by atoms with Gasteiger partial charge in [-0.15, -0.1) is 0 Å². The van der Waals surface area contributed by atoms with E-state index in [2.05, 4.69) is 18.3 Å². The molecule has 1 N–H and O–H groups in total. The molecule has 0 saturated heterocycles. The van der Waals surface area contributed by atoms with Crippen molar-refractivity contribution in [3.63, 3.8) is 0 Å². The van der Waals surface area contributed by atoms with Gasteiger partial charge in [0, 0.05) is 19.0 Å². The molecule has 0 amide bonds. The third-order valence-corrected chi connectivity index (χ3v) is 4.26. The van der Waals surface area contributed by atoms with Gasteiger partial charge in [0.25, 0.3) is 0 Å². The zero-order chi connectivity index (χ0) is 10.7. The van der Waals surface area contributed by atoms with Crippen LogP contribution in [-0.2, 0) is 0 Å². The fourth-order valence-corrected chi connectivity index (χ4v) is 2.73. The number of rotatable bonds is 4. The summed E-state index contributed by atoms with van der Waals surface area (Å²) < 4.78 is 0. The molecule has 2 unspecified atom stereocenters. The zero-order valence-electron chi connectivity index (χ0n) is 9.76. The Hall–Kier alpha value is -0.550. The summed E-state index contributed by atoms with van der Waals surface area (Å²) in [6.45, 7) is 3.44. The van der Waals surface area contributed by atoms with Crippen LogP contribution in [0.25, 0.3) is 0 Å². The quantitative estimate of drug-likeness (QED) is 0.767. The van der Waals surface area contributed by atoms with E-state index in [0.717, 1.165) is 24.9 Å². The van der Waals surface area contributed by atoms with E-state index < -0.39 is 0 Å². The molecule has 2 rings (SSSR count). The van der Waals surface area contributed by atoms with Gasteiger partial charge < -0.3 is 5.32 Å². The molecule has 0 spiro atoms. The number of nitriles is 1. The second-order valence-corrected chi connectivity index (χ2v) is 5.58. The minimum absolute atomic E-state index is 0.367. The average Bonchev–Trinajstić information content (AvgIpc) is 2.98. The lowest BCUT2D eigenvalue weighted by Gasteiger charge is -2.31. The van der Waals surface area contributed by atoms with Gasteiger partial charge in [0.15, 0.2) is 0 Å². The number of nitrogens with zero attached hydrogens (tertiary/aromatic N) is 1. The van der Waals surface area contributed by atoms with Crippen molar-refractivity contribution in [3.05, 3.63) is 0 Å². The highest BCUT2D eigenvalue weighted by Crippen LogP contribution is 2.48. The van der Waals surface area contributed by atoms with Crippen molar-refractivity contribution < 1.29 is 0 Å². The second-order valence-electron chi connectivity index (χ2n) is 5.58. The van der Waals surface area contributed by atoms with Crippen molar-refractivity contribution in [1.29, 1.82) is 5.26 Å².